The average molecular weight is 369 g/mol. The van der Waals surface area contributed by atoms with Crippen molar-refractivity contribution < 1.29 is 14.7 Å². The van der Waals surface area contributed by atoms with Crippen LogP contribution < -0.4 is 0 Å². The van der Waals surface area contributed by atoms with Crippen molar-refractivity contribution in [3.8, 4) is 0 Å². The molecule has 0 aliphatic carbocycles. The van der Waals surface area contributed by atoms with E-state index in [-0.39, 0.29) is 17.2 Å². The first-order chi connectivity index (χ1) is 10.0. The predicted molar refractivity (Wildman–Crippen MR) is 83.6 cm³/mol. The van der Waals surface area contributed by atoms with E-state index in [0.29, 0.717) is 13.1 Å². The summed E-state index contributed by atoms with van der Waals surface area (Å²) in [4.78, 5) is 30.2. The Morgan fingerprint density at radius 3 is 2.71 bits per heavy atom. The highest BCUT2D eigenvalue weighted by molar-refractivity contribution is 9.11. The second-order valence-corrected chi connectivity index (χ2v) is 6.78. The van der Waals surface area contributed by atoms with Crippen molar-refractivity contribution in [2.75, 3.05) is 6.54 Å². The number of rotatable bonds is 5. The fraction of sp³-hybridized carbons (Fsp3) is 0.214. The number of nitrogens with zero attached hydrogens (tertiary/aromatic N) is 2. The summed E-state index contributed by atoms with van der Waals surface area (Å²) < 4.78 is 0.991. The number of carboxylic acid groups (broad SMARTS) is 1. The zero-order valence-electron chi connectivity index (χ0n) is 11.2. The van der Waals surface area contributed by atoms with Gasteiger partial charge in [0, 0.05) is 17.6 Å². The highest BCUT2D eigenvalue weighted by Gasteiger charge is 2.22. The van der Waals surface area contributed by atoms with Crippen LogP contribution in [0.2, 0.25) is 0 Å². The third kappa shape index (κ3) is 3.68. The number of thiophene rings is 1. The maximum atomic E-state index is 12.5. The van der Waals surface area contributed by atoms with Gasteiger partial charge in [0.1, 0.15) is 5.69 Å². The van der Waals surface area contributed by atoms with Gasteiger partial charge >= 0.3 is 5.97 Å². The second-order valence-electron chi connectivity index (χ2n) is 4.23. The minimum Gasteiger partial charge on any atom is -0.478 e. The number of carbonyl (C=O) groups excluding carboxylic acids is 1. The molecule has 21 heavy (non-hydrogen) atoms. The van der Waals surface area contributed by atoms with Crippen molar-refractivity contribution in [1.29, 1.82) is 0 Å². The molecule has 2 aromatic heterocycles. The van der Waals surface area contributed by atoms with Crippen LogP contribution in [-0.2, 0) is 6.54 Å². The fourth-order valence-electron chi connectivity index (χ4n) is 1.85. The van der Waals surface area contributed by atoms with Crippen LogP contribution in [0.15, 0.2) is 34.2 Å². The SMILES string of the molecule is CCN(Cc1ccc(Br)s1)C(=O)c1ncccc1C(=O)O. The van der Waals surface area contributed by atoms with Gasteiger partial charge in [-0.25, -0.2) is 4.79 Å². The van der Waals surface area contributed by atoms with Gasteiger partial charge in [-0.3, -0.25) is 9.78 Å². The van der Waals surface area contributed by atoms with Crippen LogP contribution >= 0.6 is 27.3 Å². The Kier molecular flexibility index (Phi) is 5.08. The van der Waals surface area contributed by atoms with Crippen molar-refractivity contribution in [2.24, 2.45) is 0 Å². The summed E-state index contributed by atoms with van der Waals surface area (Å²) >= 11 is 4.92. The molecule has 1 amide bonds. The predicted octanol–water partition coefficient (Wildman–Crippen LogP) is 3.27. The average Bonchev–Trinajstić information content (AvgIpc) is 2.89. The number of hydrogen-bond donors (Lipinski definition) is 1. The van der Waals surface area contributed by atoms with E-state index in [1.165, 1.54) is 18.3 Å². The molecule has 0 unspecified atom stereocenters. The van der Waals surface area contributed by atoms with Gasteiger partial charge in [0.25, 0.3) is 5.91 Å². The molecule has 0 bridgehead atoms. The molecule has 2 aromatic rings. The summed E-state index contributed by atoms with van der Waals surface area (Å²) in [7, 11) is 0. The molecule has 0 aliphatic heterocycles. The van der Waals surface area contributed by atoms with E-state index in [0.717, 1.165) is 8.66 Å². The molecular formula is C14H13BrN2O3S. The molecule has 110 valence electrons. The zero-order chi connectivity index (χ0) is 15.4. The van der Waals surface area contributed by atoms with Gasteiger partial charge in [0.15, 0.2) is 0 Å². The van der Waals surface area contributed by atoms with Crippen LogP contribution in [0.4, 0.5) is 0 Å². The van der Waals surface area contributed by atoms with Crippen molar-refractivity contribution in [1.82, 2.24) is 9.88 Å². The molecule has 2 rings (SSSR count). The first-order valence-corrected chi connectivity index (χ1v) is 7.85. The third-order valence-corrected chi connectivity index (χ3v) is 4.49. The van der Waals surface area contributed by atoms with Crippen LogP contribution in [0, 0.1) is 0 Å². The van der Waals surface area contributed by atoms with Gasteiger partial charge < -0.3 is 10.0 Å². The zero-order valence-corrected chi connectivity index (χ0v) is 13.6. The molecule has 0 aromatic carbocycles. The van der Waals surface area contributed by atoms with Gasteiger partial charge in [-0.15, -0.1) is 11.3 Å². The summed E-state index contributed by atoms with van der Waals surface area (Å²) in [6.07, 6.45) is 1.43. The summed E-state index contributed by atoms with van der Waals surface area (Å²) in [5, 5.41) is 9.15. The monoisotopic (exact) mass is 368 g/mol. The number of amides is 1. The summed E-state index contributed by atoms with van der Waals surface area (Å²) in [6.45, 7) is 2.76. The van der Waals surface area contributed by atoms with E-state index in [1.54, 1.807) is 16.2 Å². The minimum atomic E-state index is -1.15. The van der Waals surface area contributed by atoms with Crippen molar-refractivity contribution >= 4 is 39.1 Å². The Balaban J connectivity index is 2.26. The molecule has 2 heterocycles. The van der Waals surface area contributed by atoms with Gasteiger partial charge in [0.2, 0.25) is 0 Å². The second kappa shape index (κ2) is 6.82. The molecule has 0 fully saturated rings. The summed E-state index contributed by atoms with van der Waals surface area (Å²) in [5.74, 6) is -1.53. The molecule has 5 nitrogen and oxygen atoms in total. The Morgan fingerprint density at radius 2 is 2.14 bits per heavy atom. The minimum absolute atomic E-state index is 0.0255. The van der Waals surface area contributed by atoms with E-state index in [2.05, 4.69) is 20.9 Å². The number of hydrogen-bond acceptors (Lipinski definition) is 4. The molecule has 0 saturated heterocycles. The first-order valence-electron chi connectivity index (χ1n) is 6.24. The van der Waals surface area contributed by atoms with Crippen LogP contribution in [0.3, 0.4) is 0 Å². The Hall–Kier alpha value is -1.73. The summed E-state index contributed by atoms with van der Waals surface area (Å²) in [5.41, 5.74) is -0.101. The smallest absolute Gasteiger partial charge is 0.338 e. The standard InChI is InChI=1S/C14H13BrN2O3S/c1-2-17(8-9-5-6-11(15)21-9)13(18)12-10(14(19)20)4-3-7-16-12/h3-7H,2,8H2,1H3,(H,19,20). The molecule has 0 saturated carbocycles. The van der Waals surface area contributed by atoms with Crippen LogP contribution in [0.1, 0.15) is 32.6 Å². The lowest BCUT2D eigenvalue weighted by Crippen LogP contribution is -2.32. The third-order valence-electron chi connectivity index (χ3n) is 2.89. The van der Waals surface area contributed by atoms with E-state index < -0.39 is 5.97 Å². The molecule has 0 spiro atoms. The Bertz CT molecular complexity index is 672. The lowest BCUT2D eigenvalue weighted by atomic mass is 10.1. The van der Waals surface area contributed by atoms with E-state index in [4.69, 9.17) is 5.11 Å². The molecule has 1 N–H and O–H groups in total. The lowest BCUT2D eigenvalue weighted by molar-refractivity contribution is 0.0671. The van der Waals surface area contributed by atoms with Crippen LogP contribution in [0.5, 0.6) is 0 Å². The Labute approximate surface area is 134 Å². The number of pyridine rings is 1. The quantitative estimate of drug-likeness (QED) is 0.878. The van der Waals surface area contributed by atoms with Crippen LogP contribution in [-0.4, -0.2) is 33.4 Å². The van der Waals surface area contributed by atoms with Crippen molar-refractivity contribution in [3.05, 3.63) is 50.4 Å². The largest absolute Gasteiger partial charge is 0.478 e. The molecule has 0 radical (unpaired) electrons. The van der Waals surface area contributed by atoms with Crippen LogP contribution in [0.25, 0.3) is 0 Å². The number of halogens is 1. The van der Waals surface area contributed by atoms with Gasteiger partial charge in [-0.2, -0.15) is 0 Å². The van der Waals surface area contributed by atoms with Crippen molar-refractivity contribution in [3.63, 3.8) is 0 Å². The van der Waals surface area contributed by atoms with Gasteiger partial charge in [-0.1, -0.05) is 0 Å². The van der Waals surface area contributed by atoms with E-state index in [9.17, 15) is 9.59 Å². The number of carboxylic acids is 1. The number of aromatic nitrogens is 1. The highest BCUT2D eigenvalue weighted by atomic mass is 79.9. The first kappa shape index (κ1) is 15.7. The maximum absolute atomic E-state index is 12.5. The lowest BCUT2D eigenvalue weighted by Gasteiger charge is -2.20. The van der Waals surface area contributed by atoms with Gasteiger partial charge in [0.05, 0.1) is 15.9 Å². The topological polar surface area (TPSA) is 70.5 Å². The molecule has 7 heteroatoms. The van der Waals surface area contributed by atoms with E-state index in [1.807, 2.05) is 19.1 Å². The normalized spacial score (nSPS) is 10.4. The highest BCUT2D eigenvalue weighted by Crippen LogP contribution is 2.24. The van der Waals surface area contributed by atoms with E-state index >= 15 is 0 Å². The molecule has 0 atom stereocenters. The Morgan fingerprint density at radius 1 is 1.38 bits per heavy atom. The number of carbonyl (C=O) groups is 2. The maximum Gasteiger partial charge on any atom is 0.338 e. The molecular weight excluding hydrogens is 356 g/mol. The van der Waals surface area contributed by atoms with Crippen molar-refractivity contribution in [2.45, 2.75) is 13.5 Å². The fourth-order valence-corrected chi connectivity index (χ4v) is 3.35. The van der Waals surface area contributed by atoms with Gasteiger partial charge in [-0.05, 0) is 47.1 Å². The molecule has 0 aliphatic rings. The number of aromatic carboxylic acids is 1. The summed E-state index contributed by atoms with van der Waals surface area (Å²) in [6, 6.07) is 6.74.